The summed E-state index contributed by atoms with van der Waals surface area (Å²) >= 11 is 0. The minimum Gasteiger partial charge on any atom is -0.462 e. The summed E-state index contributed by atoms with van der Waals surface area (Å²) in [4.78, 5) is 12.2. The van der Waals surface area contributed by atoms with Gasteiger partial charge in [0.1, 0.15) is 6.10 Å². The number of hydrogen-bond donors (Lipinski definition) is 1. The van der Waals surface area contributed by atoms with Crippen LogP contribution in [0.5, 0.6) is 0 Å². The van der Waals surface area contributed by atoms with Gasteiger partial charge in [-0.25, -0.2) is 0 Å². The topological polar surface area (TPSA) is 46.5 Å². The van der Waals surface area contributed by atoms with Gasteiger partial charge in [0.25, 0.3) is 0 Å². The van der Waals surface area contributed by atoms with Crippen LogP contribution in [-0.2, 0) is 9.53 Å². The average Bonchev–Trinajstić information content (AvgIpc) is 2.70. The maximum absolute atomic E-state index is 12.2. The number of ether oxygens (including phenoxy) is 1. The molecule has 0 amide bonds. The molecule has 0 bridgehead atoms. The van der Waals surface area contributed by atoms with E-state index >= 15 is 0 Å². The van der Waals surface area contributed by atoms with E-state index in [1.165, 1.54) is 96.3 Å². The highest BCUT2D eigenvalue weighted by atomic mass is 16.5. The van der Waals surface area contributed by atoms with Crippen molar-refractivity contribution in [3.05, 3.63) is 0 Å². The molecule has 0 aliphatic heterocycles. The molecule has 0 saturated heterocycles. The zero-order valence-electron chi connectivity index (χ0n) is 20.8. The molecule has 0 rings (SSSR count). The molecule has 0 saturated carbocycles. The van der Waals surface area contributed by atoms with E-state index in [0.717, 1.165) is 25.7 Å². The maximum Gasteiger partial charge on any atom is 0.306 e. The van der Waals surface area contributed by atoms with E-state index in [4.69, 9.17) is 4.74 Å². The quantitative estimate of drug-likeness (QED) is 0.131. The lowest BCUT2D eigenvalue weighted by molar-refractivity contribution is -0.150. The van der Waals surface area contributed by atoms with Crippen LogP contribution < -0.4 is 0 Å². The highest BCUT2D eigenvalue weighted by Crippen LogP contribution is 2.17. The van der Waals surface area contributed by atoms with E-state index in [0.29, 0.717) is 12.8 Å². The maximum atomic E-state index is 12.2. The van der Waals surface area contributed by atoms with Crippen molar-refractivity contribution in [2.75, 3.05) is 0 Å². The Morgan fingerprint density at radius 3 is 1.50 bits per heavy atom. The summed E-state index contributed by atoms with van der Waals surface area (Å²) in [6.45, 7) is 6.30. The van der Waals surface area contributed by atoms with Crippen molar-refractivity contribution in [2.45, 2.75) is 168 Å². The first-order valence-electron chi connectivity index (χ1n) is 13.5. The lowest BCUT2D eigenvalue weighted by Gasteiger charge is -2.19. The Morgan fingerprint density at radius 2 is 1.07 bits per heavy atom. The first-order chi connectivity index (χ1) is 14.6. The number of rotatable bonds is 23. The van der Waals surface area contributed by atoms with Gasteiger partial charge in [-0.15, -0.1) is 0 Å². The Kier molecular flexibility index (Phi) is 22.7. The number of hydrogen-bond acceptors (Lipinski definition) is 3. The van der Waals surface area contributed by atoms with Crippen molar-refractivity contribution in [3.63, 3.8) is 0 Å². The molecular weight excluding hydrogens is 372 g/mol. The average molecular weight is 427 g/mol. The van der Waals surface area contributed by atoms with Crippen molar-refractivity contribution in [3.8, 4) is 0 Å². The van der Waals surface area contributed by atoms with Gasteiger partial charge >= 0.3 is 5.97 Å². The van der Waals surface area contributed by atoms with Gasteiger partial charge in [0.05, 0.1) is 6.10 Å². The van der Waals surface area contributed by atoms with E-state index < -0.39 is 6.10 Å². The molecule has 0 aromatic heterocycles. The number of carbonyl (C=O) groups excluding carboxylic acids is 1. The summed E-state index contributed by atoms with van der Waals surface area (Å²) in [7, 11) is 0. The van der Waals surface area contributed by atoms with E-state index in [9.17, 15) is 9.90 Å². The van der Waals surface area contributed by atoms with Crippen molar-refractivity contribution in [2.24, 2.45) is 0 Å². The summed E-state index contributed by atoms with van der Waals surface area (Å²) in [6.07, 6.45) is 24.5. The van der Waals surface area contributed by atoms with Crippen LogP contribution in [0.25, 0.3) is 0 Å². The summed E-state index contributed by atoms with van der Waals surface area (Å²) < 4.78 is 5.71. The molecule has 3 nitrogen and oxygen atoms in total. The Hall–Kier alpha value is -0.570. The minimum atomic E-state index is -0.408. The fourth-order valence-electron chi connectivity index (χ4n) is 4.11. The predicted molar refractivity (Wildman–Crippen MR) is 130 cm³/mol. The molecule has 0 aliphatic carbocycles. The molecular formula is C27H54O3. The highest BCUT2D eigenvalue weighted by Gasteiger charge is 2.16. The van der Waals surface area contributed by atoms with Crippen LogP contribution in [0.15, 0.2) is 0 Å². The Labute approximate surface area is 188 Å². The van der Waals surface area contributed by atoms with Crippen molar-refractivity contribution in [1.82, 2.24) is 0 Å². The van der Waals surface area contributed by atoms with Gasteiger partial charge in [-0.3, -0.25) is 4.79 Å². The van der Waals surface area contributed by atoms with Gasteiger partial charge < -0.3 is 9.84 Å². The second-order valence-electron chi connectivity index (χ2n) is 9.39. The monoisotopic (exact) mass is 426 g/mol. The second kappa shape index (κ2) is 23.1. The molecule has 0 radical (unpaired) electrons. The van der Waals surface area contributed by atoms with Crippen LogP contribution in [0.4, 0.5) is 0 Å². The molecule has 1 unspecified atom stereocenters. The summed E-state index contributed by atoms with van der Waals surface area (Å²) in [5, 5.41) is 9.74. The standard InChI is InChI=1S/C27H54O3/c1-4-6-8-10-12-14-16-18-20-22-26(24-25(3)28)30-27(29)23-21-19-17-15-13-11-9-7-5-2/h25-26,28H,4-24H2,1-3H3/t25-,26?/m0/s1. The zero-order valence-corrected chi connectivity index (χ0v) is 20.8. The van der Waals surface area contributed by atoms with E-state index in [1.807, 2.05) is 0 Å². The third kappa shape index (κ3) is 22.1. The first kappa shape index (κ1) is 29.4. The van der Waals surface area contributed by atoms with Crippen LogP contribution in [0, 0.1) is 0 Å². The summed E-state index contributed by atoms with van der Waals surface area (Å²) in [5.41, 5.74) is 0. The number of carbonyl (C=O) groups is 1. The smallest absolute Gasteiger partial charge is 0.306 e. The number of aliphatic hydroxyl groups is 1. The highest BCUT2D eigenvalue weighted by molar-refractivity contribution is 5.69. The van der Waals surface area contributed by atoms with Crippen LogP contribution in [0.2, 0.25) is 0 Å². The fourth-order valence-corrected chi connectivity index (χ4v) is 4.11. The van der Waals surface area contributed by atoms with Crippen LogP contribution in [-0.4, -0.2) is 23.3 Å². The van der Waals surface area contributed by atoms with E-state index in [2.05, 4.69) is 13.8 Å². The van der Waals surface area contributed by atoms with Gasteiger partial charge in [-0.05, 0) is 26.2 Å². The van der Waals surface area contributed by atoms with Crippen LogP contribution in [0.1, 0.15) is 156 Å². The van der Waals surface area contributed by atoms with Gasteiger partial charge in [-0.1, -0.05) is 117 Å². The molecule has 1 N–H and O–H groups in total. The predicted octanol–water partition coefficient (Wildman–Crippen LogP) is 8.51. The van der Waals surface area contributed by atoms with Crippen LogP contribution >= 0.6 is 0 Å². The van der Waals surface area contributed by atoms with Gasteiger partial charge in [0.15, 0.2) is 0 Å². The zero-order chi connectivity index (χ0) is 22.3. The minimum absolute atomic E-state index is 0.0699. The van der Waals surface area contributed by atoms with Gasteiger partial charge in [-0.2, -0.15) is 0 Å². The Balaban J connectivity index is 3.74. The van der Waals surface area contributed by atoms with Gasteiger partial charge in [0.2, 0.25) is 0 Å². The van der Waals surface area contributed by atoms with Gasteiger partial charge in [0, 0.05) is 12.8 Å². The van der Waals surface area contributed by atoms with E-state index in [-0.39, 0.29) is 12.1 Å². The molecule has 0 fully saturated rings. The Morgan fingerprint density at radius 1 is 0.667 bits per heavy atom. The molecule has 180 valence electrons. The van der Waals surface area contributed by atoms with Crippen molar-refractivity contribution < 1.29 is 14.6 Å². The van der Waals surface area contributed by atoms with Crippen LogP contribution in [0.3, 0.4) is 0 Å². The normalized spacial score (nSPS) is 13.3. The van der Waals surface area contributed by atoms with E-state index in [1.54, 1.807) is 6.92 Å². The fraction of sp³-hybridized carbons (Fsp3) is 0.963. The molecule has 0 aromatic rings. The lowest BCUT2D eigenvalue weighted by atomic mass is 10.0. The number of esters is 1. The largest absolute Gasteiger partial charge is 0.462 e. The Bertz CT molecular complexity index is 354. The van der Waals surface area contributed by atoms with Crippen molar-refractivity contribution >= 4 is 5.97 Å². The number of aliphatic hydroxyl groups excluding tert-OH is 1. The summed E-state index contributed by atoms with van der Waals surface area (Å²) in [6, 6.07) is 0. The summed E-state index contributed by atoms with van der Waals surface area (Å²) in [5.74, 6) is -0.0699. The third-order valence-electron chi connectivity index (χ3n) is 6.02. The molecule has 0 spiro atoms. The number of unbranched alkanes of at least 4 members (excludes halogenated alkanes) is 16. The molecule has 0 aliphatic rings. The molecule has 2 atom stereocenters. The molecule has 3 heteroatoms. The SMILES string of the molecule is CCCCCCCCCCCC(=O)OC(CCCCCCCCCCC)C[C@H](C)O. The molecule has 0 aromatic carbocycles. The molecule has 0 heterocycles. The lowest BCUT2D eigenvalue weighted by Crippen LogP contribution is -2.22. The second-order valence-corrected chi connectivity index (χ2v) is 9.39. The third-order valence-corrected chi connectivity index (χ3v) is 6.02. The molecule has 30 heavy (non-hydrogen) atoms. The first-order valence-corrected chi connectivity index (χ1v) is 13.5. The van der Waals surface area contributed by atoms with Crippen molar-refractivity contribution in [1.29, 1.82) is 0 Å².